The van der Waals surface area contributed by atoms with Crippen LogP contribution in [0.5, 0.6) is 5.75 Å². The highest BCUT2D eigenvalue weighted by Gasteiger charge is 2.42. The largest absolute Gasteiger partial charge is 0.489 e. The molecule has 3 rings (SSSR count). The van der Waals surface area contributed by atoms with Gasteiger partial charge in [0.1, 0.15) is 18.1 Å². The Kier molecular flexibility index (Phi) is 3.61. The molecule has 1 saturated carbocycles. The van der Waals surface area contributed by atoms with Gasteiger partial charge in [0.25, 0.3) is 0 Å². The van der Waals surface area contributed by atoms with Crippen molar-refractivity contribution in [2.24, 2.45) is 0 Å². The third kappa shape index (κ3) is 2.77. The Bertz CT molecular complexity index is 479. The number of carbonyl (C=O) groups is 1. The minimum Gasteiger partial charge on any atom is -0.489 e. The Morgan fingerprint density at radius 3 is 2.85 bits per heavy atom. The van der Waals surface area contributed by atoms with Crippen LogP contribution in [0, 0.1) is 0 Å². The van der Waals surface area contributed by atoms with Gasteiger partial charge in [-0.15, -0.1) is 0 Å². The fourth-order valence-corrected chi connectivity index (χ4v) is 3.18. The van der Waals surface area contributed by atoms with Gasteiger partial charge < -0.3 is 14.6 Å². The van der Waals surface area contributed by atoms with Gasteiger partial charge in [-0.05, 0) is 37.8 Å². The van der Waals surface area contributed by atoms with Crippen LogP contribution in [0.15, 0.2) is 18.3 Å². The van der Waals surface area contributed by atoms with E-state index in [0.717, 1.165) is 12.8 Å². The first-order valence-corrected chi connectivity index (χ1v) is 7.17. The van der Waals surface area contributed by atoms with E-state index in [4.69, 9.17) is 14.6 Å². The van der Waals surface area contributed by atoms with Crippen molar-refractivity contribution in [3.8, 4) is 5.75 Å². The van der Waals surface area contributed by atoms with E-state index in [-0.39, 0.29) is 17.4 Å². The van der Waals surface area contributed by atoms with Gasteiger partial charge in [0, 0.05) is 0 Å². The van der Waals surface area contributed by atoms with Crippen LogP contribution in [0.2, 0.25) is 0 Å². The van der Waals surface area contributed by atoms with Crippen molar-refractivity contribution in [2.75, 3.05) is 6.61 Å². The predicted octanol–water partition coefficient (Wildman–Crippen LogP) is 2.65. The SMILES string of the molecule is O=C(O)c1ccc(OCC2CCC3(CCCC3)O2)cn1. The van der Waals surface area contributed by atoms with Gasteiger partial charge in [-0.25, -0.2) is 9.78 Å². The molecule has 2 heterocycles. The Hall–Kier alpha value is -1.62. The second-order valence-electron chi connectivity index (χ2n) is 5.66. The molecular weight excluding hydrogens is 258 g/mol. The first-order chi connectivity index (χ1) is 9.67. The normalized spacial score (nSPS) is 24.1. The summed E-state index contributed by atoms with van der Waals surface area (Å²) >= 11 is 0. The number of aromatic carboxylic acids is 1. The number of hydrogen-bond donors (Lipinski definition) is 1. The maximum atomic E-state index is 10.7. The fraction of sp³-hybridized carbons (Fsp3) is 0.600. The highest BCUT2D eigenvalue weighted by molar-refractivity contribution is 5.85. The molecule has 1 aliphatic carbocycles. The molecule has 5 nitrogen and oxygen atoms in total. The van der Waals surface area contributed by atoms with Crippen molar-refractivity contribution in [3.05, 3.63) is 24.0 Å². The first kappa shape index (κ1) is 13.4. The number of hydrogen-bond acceptors (Lipinski definition) is 4. The number of pyridine rings is 1. The number of carboxylic acid groups (broad SMARTS) is 1. The first-order valence-electron chi connectivity index (χ1n) is 7.17. The molecule has 0 radical (unpaired) electrons. The van der Waals surface area contributed by atoms with Crippen LogP contribution in [0.4, 0.5) is 0 Å². The van der Waals surface area contributed by atoms with Crippen molar-refractivity contribution >= 4 is 5.97 Å². The summed E-state index contributed by atoms with van der Waals surface area (Å²) in [5.41, 5.74) is 0.152. The van der Waals surface area contributed by atoms with Gasteiger partial charge in [0.05, 0.1) is 17.9 Å². The molecule has 1 N–H and O–H groups in total. The van der Waals surface area contributed by atoms with Gasteiger partial charge in [0.2, 0.25) is 0 Å². The highest BCUT2D eigenvalue weighted by atomic mass is 16.6. The second kappa shape index (κ2) is 5.40. The Labute approximate surface area is 117 Å². The number of nitrogens with zero attached hydrogens (tertiary/aromatic N) is 1. The van der Waals surface area contributed by atoms with E-state index in [2.05, 4.69) is 4.98 Å². The van der Waals surface area contributed by atoms with Crippen LogP contribution in [-0.2, 0) is 4.74 Å². The molecule has 0 amide bonds. The maximum absolute atomic E-state index is 10.7. The number of aromatic nitrogens is 1. The molecule has 1 saturated heterocycles. The quantitative estimate of drug-likeness (QED) is 0.916. The lowest BCUT2D eigenvalue weighted by molar-refractivity contribution is -0.0509. The van der Waals surface area contributed by atoms with Gasteiger partial charge >= 0.3 is 5.97 Å². The third-order valence-corrected chi connectivity index (χ3v) is 4.24. The highest BCUT2D eigenvalue weighted by Crippen LogP contribution is 2.43. The van der Waals surface area contributed by atoms with Crippen molar-refractivity contribution in [1.82, 2.24) is 4.98 Å². The van der Waals surface area contributed by atoms with Crippen LogP contribution < -0.4 is 4.74 Å². The minimum atomic E-state index is -1.03. The summed E-state index contributed by atoms with van der Waals surface area (Å²) < 4.78 is 11.8. The Morgan fingerprint density at radius 2 is 2.20 bits per heavy atom. The van der Waals surface area contributed by atoms with Crippen molar-refractivity contribution in [2.45, 2.75) is 50.2 Å². The molecule has 1 spiro atoms. The fourth-order valence-electron chi connectivity index (χ4n) is 3.18. The molecule has 20 heavy (non-hydrogen) atoms. The molecule has 2 aliphatic rings. The molecular formula is C15H19NO4. The average molecular weight is 277 g/mol. The van der Waals surface area contributed by atoms with Gasteiger partial charge in [-0.2, -0.15) is 0 Å². The van der Waals surface area contributed by atoms with Gasteiger partial charge in [-0.1, -0.05) is 12.8 Å². The summed E-state index contributed by atoms with van der Waals surface area (Å²) in [6, 6.07) is 3.09. The number of rotatable bonds is 4. The molecule has 2 fully saturated rings. The van der Waals surface area contributed by atoms with E-state index in [1.165, 1.54) is 37.9 Å². The molecule has 0 bridgehead atoms. The number of carboxylic acids is 1. The van der Waals surface area contributed by atoms with E-state index in [0.29, 0.717) is 12.4 Å². The molecule has 1 aliphatic heterocycles. The lowest BCUT2D eigenvalue weighted by Gasteiger charge is -2.23. The zero-order chi connectivity index (χ0) is 14.0. The van der Waals surface area contributed by atoms with E-state index in [1.807, 2.05) is 0 Å². The monoisotopic (exact) mass is 277 g/mol. The second-order valence-corrected chi connectivity index (χ2v) is 5.66. The zero-order valence-electron chi connectivity index (χ0n) is 11.4. The molecule has 1 atom stereocenters. The number of ether oxygens (including phenoxy) is 2. The molecule has 1 aromatic rings. The van der Waals surface area contributed by atoms with E-state index in [9.17, 15) is 4.79 Å². The van der Waals surface area contributed by atoms with Crippen molar-refractivity contribution in [1.29, 1.82) is 0 Å². The van der Waals surface area contributed by atoms with Gasteiger partial charge in [0.15, 0.2) is 0 Å². The van der Waals surface area contributed by atoms with E-state index < -0.39 is 5.97 Å². The molecule has 5 heteroatoms. The van der Waals surface area contributed by atoms with Crippen molar-refractivity contribution < 1.29 is 19.4 Å². The maximum Gasteiger partial charge on any atom is 0.354 e. The van der Waals surface area contributed by atoms with Crippen LogP contribution in [0.25, 0.3) is 0 Å². The minimum absolute atomic E-state index is 0.0272. The third-order valence-electron chi connectivity index (χ3n) is 4.24. The van der Waals surface area contributed by atoms with Crippen LogP contribution >= 0.6 is 0 Å². The zero-order valence-corrected chi connectivity index (χ0v) is 11.4. The summed E-state index contributed by atoms with van der Waals surface area (Å²) in [6.07, 6.45) is 8.67. The van der Waals surface area contributed by atoms with Crippen LogP contribution in [0.3, 0.4) is 0 Å². The Morgan fingerprint density at radius 1 is 1.40 bits per heavy atom. The molecule has 0 aromatic carbocycles. The summed E-state index contributed by atoms with van der Waals surface area (Å²) in [6.45, 7) is 0.510. The summed E-state index contributed by atoms with van der Waals surface area (Å²) in [7, 11) is 0. The Balaban J connectivity index is 1.51. The topological polar surface area (TPSA) is 68.7 Å². The van der Waals surface area contributed by atoms with Crippen LogP contribution in [-0.4, -0.2) is 34.4 Å². The standard InChI is InChI=1S/C15H19NO4/c17-14(18)13-4-3-11(9-16-13)19-10-12-5-8-15(20-12)6-1-2-7-15/h3-4,9,12H,1-2,5-8,10H2,(H,17,18). The molecule has 1 unspecified atom stereocenters. The predicted molar refractivity (Wildman–Crippen MR) is 72.0 cm³/mol. The summed E-state index contributed by atoms with van der Waals surface area (Å²) in [5, 5.41) is 8.77. The lowest BCUT2D eigenvalue weighted by atomic mass is 9.98. The average Bonchev–Trinajstić information content (AvgIpc) is 3.08. The lowest BCUT2D eigenvalue weighted by Crippen LogP contribution is -2.27. The molecule has 108 valence electrons. The van der Waals surface area contributed by atoms with Crippen molar-refractivity contribution in [3.63, 3.8) is 0 Å². The van der Waals surface area contributed by atoms with E-state index >= 15 is 0 Å². The van der Waals surface area contributed by atoms with Crippen LogP contribution in [0.1, 0.15) is 49.0 Å². The summed E-state index contributed by atoms with van der Waals surface area (Å²) in [4.78, 5) is 14.5. The van der Waals surface area contributed by atoms with E-state index in [1.54, 1.807) is 6.07 Å². The molecule has 1 aromatic heterocycles. The van der Waals surface area contributed by atoms with Gasteiger partial charge in [-0.3, -0.25) is 0 Å². The smallest absolute Gasteiger partial charge is 0.354 e. The summed E-state index contributed by atoms with van der Waals surface area (Å²) in [5.74, 6) is -0.440.